The zero-order chi connectivity index (χ0) is 17.6. The number of pyridine rings is 1. The van der Waals surface area contributed by atoms with E-state index in [2.05, 4.69) is 70.2 Å². The molecule has 0 saturated heterocycles. The van der Waals surface area contributed by atoms with Gasteiger partial charge in [0.2, 0.25) is 0 Å². The fourth-order valence-corrected chi connectivity index (χ4v) is 4.50. The van der Waals surface area contributed by atoms with Crippen molar-refractivity contribution in [2.45, 2.75) is 44.7 Å². The Kier molecular flexibility index (Phi) is 3.52. The van der Waals surface area contributed by atoms with Crippen LogP contribution in [0.4, 0.5) is 5.69 Å². The van der Waals surface area contributed by atoms with Crippen LogP contribution >= 0.6 is 0 Å². The zero-order valence-electron chi connectivity index (χ0n) is 15.1. The van der Waals surface area contributed by atoms with Crippen LogP contribution in [-0.2, 0) is 0 Å². The predicted octanol–water partition coefficient (Wildman–Crippen LogP) is 4.86. The molecule has 1 fully saturated rings. The van der Waals surface area contributed by atoms with E-state index < -0.39 is 0 Å². The van der Waals surface area contributed by atoms with Gasteiger partial charge in [-0.05, 0) is 56.4 Å². The summed E-state index contributed by atoms with van der Waals surface area (Å²) in [7, 11) is 0. The van der Waals surface area contributed by atoms with E-state index in [1.165, 1.54) is 43.4 Å². The Morgan fingerprint density at radius 3 is 2.85 bits per heavy atom. The molecule has 3 heterocycles. The van der Waals surface area contributed by atoms with E-state index in [1.54, 1.807) is 0 Å². The number of para-hydroxylation sites is 1. The summed E-state index contributed by atoms with van der Waals surface area (Å²) in [6.45, 7) is 2.20. The molecule has 0 atom stereocenters. The molecule has 1 aromatic carbocycles. The third-order valence-electron chi connectivity index (χ3n) is 5.85. The molecule has 1 aromatic heterocycles. The molecular weight excluding hydrogens is 320 g/mol. The van der Waals surface area contributed by atoms with Gasteiger partial charge in [-0.1, -0.05) is 24.6 Å². The summed E-state index contributed by atoms with van der Waals surface area (Å²) >= 11 is 0. The van der Waals surface area contributed by atoms with Crippen molar-refractivity contribution in [2.75, 3.05) is 5.32 Å². The van der Waals surface area contributed by atoms with Crippen LogP contribution in [-0.4, -0.2) is 15.5 Å². The summed E-state index contributed by atoms with van der Waals surface area (Å²) < 4.78 is 0. The van der Waals surface area contributed by atoms with E-state index >= 15 is 0 Å². The van der Waals surface area contributed by atoms with Crippen molar-refractivity contribution >= 4 is 16.6 Å². The minimum Gasteiger partial charge on any atom is -0.367 e. The maximum Gasteiger partial charge on any atom is 0.114 e. The number of fused-ring (bicyclic) bond motifs is 3. The van der Waals surface area contributed by atoms with Gasteiger partial charge in [-0.2, -0.15) is 0 Å². The predicted molar refractivity (Wildman–Crippen MR) is 106 cm³/mol. The van der Waals surface area contributed by atoms with Gasteiger partial charge >= 0.3 is 0 Å². The molecule has 26 heavy (non-hydrogen) atoms. The molecule has 132 valence electrons. The number of aromatic nitrogens is 1. The van der Waals surface area contributed by atoms with Crippen molar-refractivity contribution in [3.8, 4) is 0 Å². The standard InChI is InChI=1S/C22H24N4/c1-16-13-17(25-20-9-12-23-19-8-4-3-7-18(19)20)15-26-21(16)14-24-22(26)10-5-2-6-11-22/h3-4,7-9,12-15,24H,2,5-6,10-11H2,1H3,(H,23,25). The van der Waals surface area contributed by atoms with Crippen LogP contribution < -0.4 is 10.6 Å². The van der Waals surface area contributed by atoms with Gasteiger partial charge in [-0.15, -0.1) is 0 Å². The number of allylic oxidation sites excluding steroid dienone is 2. The number of benzene rings is 1. The summed E-state index contributed by atoms with van der Waals surface area (Å²) in [6.07, 6.45) is 14.9. The van der Waals surface area contributed by atoms with Gasteiger partial charge in [-0.3, -0.25) is 4.98 Å². The molecule has 2 aliphatic heterocycles. The van der Waals surface area contributed by atoms with Crippen molar-refractivity contribution in [1.29, 1.82) is 0 Å². The van der Waals surface area contributed by atoms with Gasteiger partial charge in [0.25, 0.3) is 0 Å². The minimum absolute atomic E-state index is 0.0658. The number of nitrogens with one attached hydrogen (secondary N) is 2. The minimum atomic E-state index is 0.0658. The number of hydrogen-bond donors (Lipinski definition) is 2. The molecule has 2 N–H and O–H groups in total. The number of rotatable bonds is 2. The first-order valence-electron chi connectivity index (χ1n) is 9.54. The molecule has 1 aliphatic carbocycles. The van der Waals surface area contributed by atoms with E-state index in [1.807, 2.05) is 12.3 Å². The molecule has 3 aliphatic rings. The lowest BCUT2D eigenvalue weighted by atomic mass is 9.87. The van der Waals surface area contributed by atoms with Crippen LogP contribution in [0, 0.1) is 0 Å². The molecule has 0 radical (unpaired) electrons. The second-order valence-corrected chi connectivity index (χ2v) is 7.55. The fraction of sp³-hybridized carbons (Fsp3) is 0.318. The van der Waals surface area contributed by atoms with Gasteiger partial charge in [0.1, 0.15) is 5.66 Å². The maximum atomic E-state index is 4.47. The molecule has 1 spiro atoms. The lowest BCUT2D eigenvalue weighted by Gasteiger charge is -2.43. The highest BCUT2D eigenvalue weighted by atomic mass is 15.4. The van der Waals surface area contributed by atoms with E-state index in [0.717, 1.165) is 22.3 Å². The lowest BCUT2D eigenvalue weighted by Crippen LogP contribution is -2.51. The van der Waals surface area contributed by atoms with Gasteiger partial charge in [0.15, 0.2) is 0 Å². The van der Waals surface area contributed by atoms with E-state index in [0.29, 0.717) is 0 Å². The quantitative estimate of drug-likeness (QED) is 0.816. The zero-order valence-corrected chi connectivity index (χ0v) is 15.1. The molecule has 1 saturated carbocycles. The summed E-state index contributed by atoms with van der Waals surface area (Å²) in [5, 5.41) is 8.48. The molecule has 5 rings (SSSR count). The van der Waals surface area contributed by atoms with Gasteiger partial charge in [0, 0.05) is 29.7 Å². The first-order valence-corrected chi connectivity index (χ1v) is 9.54. The average Bonchev–Trinajstić information content (AvgIpc) is 3.01. The second-order valence-electron chi connectivity index (χ2n) is 7.55. The third-order valence-corrected chi connectivity index (χ3v) is 5.85. The van der Waals surface area contributed by atoms with Gasteiger partial charge in [0.05, 0.1) is 16.9 Å². The Balaban J connectivity index is 1.51. The number of anilines is 1. The van der Waals surface area contributed by atoms with Crippen LogP contribution in [0.2, 0.25) is 0 Å². The van der Waals surface area contributed by atoms with Crippen LogP contribution in [0.5, 0.6) is 0 Å². The maximum absolute atomic E-state index is 4.47. The molecule has 4 heteroatoms. The fourth-order valence-electron chi connectivity index (χ4n) is 4.50. The van der Waals surface area contributed by atoms with Crippen molar-refractivity contribution in [1.82, 2.24) is 15.2 Å². The summed E-state index contributed by atoms with van der Waals surface area (Å²) in [4.78, 5) is 6.93. The van der Waals surface area contributed by atoms with E-state index in [9.17, 15) is 0 Å². The van der Waals surface area contributed by atoms with Crippen LogP contribution in [0.15, 0.2) is 72.0 Å². The Bertz CT molecular complexity index is 942. The summed E-state index contributed by atoms with van der Waals surface area (Å²) in [5.74, 6) is 0. The number of nitrogens with zero attached hydrogens (tertiary/aromatic N) is 2. The third kappa shape index (κ3) is 2.40. The normalized spacial score (nSPS) is 21.0. The molecule has 0 unspecified atom stereocenters. The molecule has 2 aromatic rings. The second kappa shape index (κ2) is 5.90. The topological polar surface area (TPSA) is 40.2 Å². The Morgan fingerprint density at radius 2 is 1.96 bits per heavy atom. The highest BCUT2D eigenvalue weighted by molar-refractivity contribution is 5.91. The lowest BCUT2D eigenvalue weighted by molar-refractivity contribution is 0.125. The highest BCUT2D eigenvalue weighted by Gasteiger charge is 2.42. The van der Waals surface area contributed by atoms with E-state index in [4.69, 9.17) is 0 Å². The van der Waals surface area contributed by atoms with Crippen LogP contribution in [0.1, 0.15) is 39.0 Å². The van der Waals surface area contributed by atoms with Gasteiger partial charge < -0.3 is 15.5 Å². The first-order chi connectivity index (χ1) is 12.8. The van der Waals surface area contributed by atoms with Crippen molar-refractivity contribution < 1.29 is 0 Å². The monoisotopic (exact) mass is 344 g/mol. The Hall–Kier alpha value is -2.75. The largest absolute Gasteiger partial charge is 0.367 e. The van der Waals surface area contributed by atoms with Crippen molar-refractivity contribution in [3.63, 3.8) is 0 Å². The molecule has 4 nitrogen and oxygen atoms in total. The summed E-state index contributed by atoms with van der Waals surface area (Å²) in [5.41, 5.74) is 5.91. The Morgan fingerprint density at radius 1 is 1.12 bits per heavy atom. The Labute approximate surface area is 154 Å². The smallest absolute Gasteiger partial charge is 0.114 e. The number of hydrogen-bond acceptors (Lipinski definition) is 4. The van der Waals surface area contributed by atoms with Crippen LogP contribution in [0.25, 0.3) is 10.9 Å². The highest BCUT2D eigenvalue weighted by Crippen LogP contribution is 2.41. The van der Waals surface area contributed by atoms with Crippen LogP contribution in [0.3, 0.4) is 0 Å². The molecular formula is C22H24N4. The average molecular weight is 344 g/mol. The summed E-state index contributed by atoms with van der Waals surface area (Å²) in [6, 6.07) is 10.3. The SMILES string of the molecule is CC1=CC(Nc2ccnc3ccccc23)=CN2C1=CNC21CCCCC1. The molecule has 0 bridgehead atoms. The van der Waals surface area contributed by atoms with Crippen molar-refractivity contribution in [3.05, 3.63) is 72.0 Å². The van der Waals surface area contributed by atoms with Gasteiger partial charge in [-0.25, -0.2) is 0 Å². The van der Waals surface area contributed by atoms with E-state index in [-0.39, 0.29) is 5.66 Å². The van der Waals surface area contributed by atoms with Crippen molar-refractivity contribution in [2.24, 2.45) is 0 Å². The molecule has 0 amide bonds. The first kappa shape index (κ1) is 15.5.